The number of hydrogen-bond donors (Lipinski definition) is 1. The molecule has 26 heavy (non-hydrogen) atoms. The molecule has 0 bridgehead atoms. The van der Waals surface area contributed by atoms with Crippen LogP contribution in [-0.2, 0) is 6.54 Å². The number of para-hydroxylation sites is 2. The van der Waals surface area contributed by atoms with E-state index in [9.17, 15) is 9.18 Å². The Hall–Kier alpha value is -3.35. The van der Waals surface area contributed by atoms with Gasteiger partial charge in [-0.05, 0) is 24.3 Å². The molecule has 7 heteroatoms. The van der Waals surface area contributed by atoms with Crippen molar-refractivity contribution in [1.29, 1.82) is 0 Å². The van der Waals surface area contributed by atoms with Crippen LogP contribution in [0.3, 0.4) is 0 Å². The molecule has 1 amide bonds. The van der Waals surface area contributed by atoms with Gasteiger partial charge in [0.2, 0.25) is 0 Å². The number of carbonyl (C=O) groups excluding carboxylic acids is 1. The number of nitrogens with one attached hydrogen (secondary N) is 1. The Balaban J connectivity index is 1.40. The first-order valence-corrected chi connectivity index (χ1v) is 8.16. The number of amides is 1. The molecule has 0 aliphatic carbocycles. The van der Waals surface area contributed by atoms with Crippen LogP contribution in [0.15, 0.2) is 60.9 Å². The molecule has 4 rings (SSSR count). The number of hydrogen-bond acceptors (Lipinski definition) is 4. The van der Waals surface area contributed by atoms with E-state index in [2.05, 4.69) is 10.4 Å². The van der Waals surface area contributed by atoms with Crippen molar-refractivity contribution in [2.75, 3.05) is 11.9 Å². The summed E-state index contributed by atoms with van der Waals surface area (Å²) in [7, 11) is 0. The van der Waals surface area contributed by atoms with E-state index in [1.54, 1.807) is 16.9 Å². The molecular formula is C19H16FN3O3. The average Bonchev–Trinajstić information content (AvgIpc) is 3.08. The van der Waals surface area contributed by atoms with Crippen molar-refractivity contribution in [2.24, 2.45) is 0 Å². The predicted molar refractivity (Wildman–Crippen MR) is 92.9 cm³/mol. The first-order valence-electron chi connectivity index (χ1n) is 8.16. The van der Waals surface area contributed by atoms with Crippen molar-refractivity contribution in [3.8, 4) is 11.5 Å². The zero-order valence-corrected chi connectivity index (χ0v) is 13.8. The van der Waals surface area contributed by atoms with Crippen molar-refractivity contribution >= 4 is 11.6 Å². The highest BCUT2D eigenvalue weighted by Crippen LogP contribution is 2.31. The fourth-order valence-electron chi connectivity index (χ4n) is 2.73. The van der Waals surface area contributed by atoms with Crippen molar-refractivity contribution in [3.05, 3.63) is 72.3 Å². The van der Waals surface area contributed by atoms with Crippen LogP contribution < -0.4 is 14.8 Å². The standard InChI is InChI=1S/C19H16FN3O3/c20-16-6-2-1-5-15(16)19(24)22-13-9-21-23(10-13)11-14-12-25-17-7-3-4-8-18(17)26-14/h1-10,14H,11-12H2,(H,22,24). The maximum atomic E-state index is 13.7. The summed E-state index contributed by atoms with van der Waals surface area (Å²) in [6, 6.07) is 13.3. The Morgan fingerprint density at radius 2 is 1.96 bits per heavy atom. The van der Waals surface area contributed by atoms with Crippen molar-refractivity contribution < 1.29 is 18.7 Å². The molecule has 1 N–H and O–H groups in total. The molecule has 1 atom stereocenters. The summed E-state index contributed by atoms with van der Waals surface area (Å²) >= 11 is 0. The molecule has 2 heterocycles. The monoisotopic (exact) mass is 353 g/mol. The van der Waals surface area contributed by atoms with E-state index in [0.29, 0.717) is 24.6 Å². The Morgan fingerprint density at radius 1 is 1.19 bits per heavy atom. The molecule has 132 valence electrons. The van der Waals surface area contributed by atoms with Gasteiger partial charge in [0.1, 0.15) is 12.4 Å². The second-order valence-electron chi connectivity index (χ2n) is 5.88. The fraction of sp³-hybridized carbons (Fsp3) is 0.158. The summed E-state index contributed by atoms with van der Waals surface area (Å²) in [4.78, 5) is 12.1. The van der Waals surface area contributed by atoms with E-state index in [1.165, 1.54) is 24.4 Å². The maximum absolute atomic E-state index is 13.7. The van der Waals surface area contributed by atoms with Crippen molar-refractivity contribution in [1.82, 2.24) is 9.78 Å². The lowest BCUT2D eigenvalue weighted by Gasteiger charge is -2.26. The normalized spacial score (nSPS) is 15.5. The van der Waals surface area contributed by atoms with E-state index in [-0.39, 0.29) is 11.7 Å². The molecule has 0 fully saturated rings. The third-order valence-electron chi connectivity index (χ3n) is 3.97. The second kappa shape index (κ2) is 6.87. The number of fused-ring (bicyclic) bond motifs is 1. The lowest BCUT2D eigenvalue weighted by atomic mass is 10.2. The van der Waals surface area contributed by atoms with Crippen LogP contribution in [-0.4, -0.2) is 28.4 Å². The fourth-order valence-corrected chi connectivity index (χ4v) is 2.73. The van der Waals surface area contributed by atoms with E-state index < -0.39 is 11.7 Å². The van der Waals surface area contributed by atoms with Crippen LogP contribution in [0.5, 0.6) is 11.5 Å². The summed E-state index contributed by atoms with van der Waals surface area (Å²) in [5.41, 5.74) is 0.469. The number of benzene rings is 2. The smallest absolute Gasteiger partial charge is 0.258 e. The Bertz CT molecular complexity index is 941. The lowest BCUT2D eigenvalue weighted by Crippen LogP contribution is -2.33. The zero-order valence-electron chi connectivity index (χ0n) is 13.8. The van der Waals surface area contributed by atoms with Crippen LogP contribution in [0.1, 0.15) is 10.4 Å². The number of ether oxygens (including phenoxy) is 2. The minimum absolute atomic E-state index is 0.0131. The summed E-state index contributed by atoms with van der Waals surface area (Å²) in [5, 5.41) is 6.85. The Morgan fingerprint density at radius 3 is 2.81 bits per heavy atom. The number of anilines is 1. The van der Waals surface area contributed by atoms with Gasteiger partial charge in [-0.1, -0.05) is 24.3 Å². The zero-order chi connectivity index (χ0) is 17.9. The first kappa shape index (κ1) is 16.1. The Kier molecular flexibility index (Phi) is 4.27. The van der Waals surface area contributed by atoms with Gasteiger partial charge in [-0.2, -0.15) is 5.10 Å². The van der Waals surface area contributed by atoms with E-state index >= 15 is 0 Å². The number of halogens is 1. The van der Waals surface area contributed by atoms with Crippen LogP contribution in [0.4, 0.5) is 10.1 Å². The molecule has 0 saturated heterocycles. The summed E-state index contributed by atoms with van der Waals surface area (Å²) in [6.45, 7) is 0.873. The second-order valence-corrected chi connectivity index (χ2v) is 5.88. The van der Waals surface area contributed by atoms with Gasteiger partial charge in [0.05, 0.1) is 24.0 Å². The van der Waals surface area contributed by atoms with Gasteiger partial charge < -0.3 is 14.8 Å². The van der Waals surface area contributed by atoms with Gasteiger partial charge in [0, 0.05) is 6.20 Å². The predicted octanol–water partition coefficient (Wildman–Crippen LogP) is 3.11. The summed E-state index contributed by atoms with van der Waals surface area (Å²) < 4.78 is 26.9. The van der Waals surface area contributed by atoms with Gasteiger partial charge in [-0.15, -0.1) is 0 Å². The van der Waals surface area contributed by atoms with Crippen molar-refractivity contribution in [2.45, 2.75) is 12.6 Å². The molecule has 0 radical (unpaired) electrons. The van der Waals surface area contributed by atoms with Crippen LogP contribution in [0, 0.1) is 5.82 Å². The lowest BCUT2D eigenvalue weighted by molar-refractivity contribution is 0.0759. The number of rotatable bonds is 4. The van der Waals surface area contributed by atoms with Gasteiger partial charge in [0.15, 0.2) is 17.6 Å². The maximum Gasteiger partial charge on any atom is 0.258 e. The van der Waals surface area contributed by atoms with Gasteiger partial charge in [-0.3, -0.25) is 9.48 Å². The largest absolute Gasteiger partial charge is 0.486 e. The third kappa shape index (κ3) is 3.37. The van der Waals surface area contributed by atoms with Gasteiger partial charge in [0.25, 0.3) is 5.91 Å². The third-order valence-corrected chi connectivity index (χ3v) is 3.97. The molecule has 1 aliphatic rings. The quantitative estimate of drug-likeness (QED) is 0.783. The topological polar surface area (TPSA) is 65.4 Å². The molecule has 3 aromatic rings. The minimum Gasteiger partial charge on any atom is -0.486 e. The molecule has 2 aromatic carbocycles. The number of aromatic nitrogens is 2. The number of nitrogens with zero attached hydrogens (tertiary/aromatic N) is 2. The van der Waals surface area contributed by atoms with Crippen molar-refractivity contribution in [3.63, 3.8) is 0 Å². The molecular weight excluding hydrogens is 337 g/mol. The minimum atomic E-state index is -0.566. The van der Waals surface area contributed by atoms with Gasteiger partial charge >= 0.3 is 0 Å². The van der Waals surface area contributed by atoms with Crippen LogP contribution in [0.2, 0.25) is 0 Å². The summed E-state index contributed by atoms with van der Waals surface area (Å²) in [6.07, 6.45) is 2.99. The molecule has 1 unspecified atom stereocenters. The first-order chi connectivity index (χ1) is 12.7. The Labute approximate surface area is 149 Å². The summed E-state index contributed by atoms with van der Waals surface area (Å²) in [5.74, 6) is 0.337. The SMILES string of the molecule is O=C(Nc1cnn(CC2COc3ccccc3O2)c1)c1ccccc1F. The van der Waals surface area contributed by atoms with E-state index in [4.69, 9.17) is 9.47 Å². The highest BCUT2D eigenvalue weighted by atomic mass is 19.1. The molecule has 1 aliphatic heterocycles. The highest BCUT2D eigenvalue weighted by molar-refractivity contribution is 6.04. The van der Waals surface area contributed by atoms with Crippen LogP contribution >= 0.6 is 0 Å². The highest BCUT2D eigenvalue weighted by Gasteiger charge is 2.21. The van der Waals surface area contributed by atoms with Crippen LogP contribution in [0.25, 0.3) is 0 Å². The van der Waals surface area contributed by atoms with Gasteiger partial charge in [-0.25, -0.2) is 4.39 Å². The molecule has 0 saturated carbocycles. The molecule has 1 aromatic heterocycles. The number of carbonyl (C=O) groups is 1. The molecule has 0 spiro atoms. The molecule has 6 nitrogen and oxygen atoms in total. The van der Waals surface area contributed by atoms with E-state index in [0.717, 1.165) is 5.75 Å². The van der Waals surface area contributed by atoms with E-state index in [1.807, 2.05) is 24.3 Å². The average molecular weight is 353 g/mol.